The summed E-state index contributed by atoms with van der Waals surface area (Å²) >= 11 is 0. The molecule has 0 aliphatic rings. The lowest BCUT2D eigenvalue weighted by atomic mass is 10.1. The van der Waals surface area contributed by atoms with Crippen molar-refractivity contribution in [2.24, 2.45) is 0 Å². The third kappa shape index (κ3) is 4.67. The molecule has 0 aliphatic carbocycles. The number of benzene rings is 2. The van der Waals surface area contributed by atoms with Crippen molar-refractivity contribution in [3.05, 3.63) is 84.1 Å². The fourth-order valence-corrected chi connectivity index (χ4v) is 2.51. The number of anilines is 1. The maximum absolute atomic E-state index is 12.1. The smallest absolute Gasteiger partial charge is 0.228 e. The number of pyridine rings is 1. The van der Waals surface area contributed by atoms with E-state index in [4.69, 9.17) is 4.74 Å². The number of carbonyl (C=O) groups excluding carboxylic acids is 1. The van der Waals surface area contributed by atoms with Crippen LogP contribution in [0.5, 0.6) is 11.6 Å². The summed E-state index contributed by atoms with van der Waals surface area (Å²) in [5, 5.41) is 2.85. The van der Waals surface area contributed by atoms with Crippen molar-refractivity contribution in [2.45, 2.75) is 19.8 Å². The van der Waals surface area contributed by atoms with Crippen molar-refractivity contribution in [1.82, 2.24) is 4.98 Å². The molecule has 0 atom stereocenters. The monoisotopic (exact) mass is 332 g/mol. The van der Waals surface area contributed by atoms with Gasteiger partial charge in [0.15, 0.2) is 0 Å². The number of carbonyl (C=O) groups is 1. The van der Waals surface area contributed by atoms with Gasteiger partial charge in [0.1, 0.15) is 5.75 Å². The summed E-state index contributed by atoms with van der Waals surface area (Å²) in [4.78, 5) is 16.3. The first-order chi connectivity index (χ1) is 12.2. The molecular weight excluding hydrogens is 312 g/mol. The number of amides is 1. The second kappa shape index (κ2) is 8.11. The van der Waals surface area contributed by atoms with E-state index >= 15 is 0 Å². The van der Waals surface area contributed by atoms with Crippen LogP contribution < -0.4 is 10.1 Å². The van der Waals surface area contributed by atoms with Crippen molar-refractivity contribution in [1.29, 1.82) is 0 Å². The van der Waals surface area contributed by atoms with Crippen molar-refractivity contribution >= 4 is 11.6 Å². The van der Waals surface area contributed by atoms with E-state index < -0.39 is 0 Å². The number of aromatic nitrogens is 1. The molecule has 0 spiro atoms. The van der Waals surface area contributed by atoms with E-state index in [9.17, 15) is 4.79 Å². The van der Waals surface area contributed by atoms with E-state index in [2.05, 4.69) is 17.2 Å². The fraction of sp³-hybridized carbons (Fsp3) is 0.143. The molecule has 3 rings (SSSR count). The summed E-state index contributed by atoms with van der Waals surface area (Å²) in [5.41, 5.74) is 2.76. The highest BCUT2D eigenvalue weighted by Gasteiger charge is 2.06. The molecule has 0 bridgehead atoms. The molecule has 0 unspecified atom stereocenters. The van der Waals surface area contributed by atoms with Gasteiger partial charge in [-0.2, -0.15) is 0 Å². The molecular formula is C21H20N2O2. The van der Waals surface area contributed by atoms with Crippen LogP contribution in [-0.4, -0.2) is 10.9 Å². The summed E-state index contributed by atoms with van der Waals surface area (Å²) in [6.07, 6.45) is 2.83. The van der Waals surface area contributed by atoms with Gasteiger partial charge in [-0.15, -0.1) is 0 Å². The molecule has 126 valence electrons. The molecule has 4 heteroatoms. The second-order valence-corrected chi connectivity index (χ2v) is 5.66. The lowest BCUT2D eigenvalue weighted by molar-refractivity contribution is -0.115. The first-order valence-electron chi connectivity index (χ1n) is 8.30. The van der Waals surface area contributed by atoms with Gasteiger partial charge in [0.25, 0.3) is 0 Å². The predicted octanol–water partition coefficient (Wildman–Crippen LogP) is 4.62. The molecule has 25 heavy (non-hydrogen) atoms. The van der Waals surface area contributed by atoms with Crippen LogP contribution in [0.25, 0.3) is 0 Å². The zero-order valence-electron chi connectivity index (χ0n) is 14.1. The van der Waals surface area contributed by atoms with Gasteiger partial charge in [-0.05, 0) is 29.7 Å². The minimum atomic E-state index is -0.0713. The lowest BCUT2D eigenvalue weighted by Gasteiger charge is -2.10. The van der Waals surface area contributed by atoms with E-state index in [1.807, 2.05) is 54.6 Å². The molecule has 1 N–H and O–H groups in total. The molecule has 0 radical (unpaired) electrons. The van der Waals surface area contributed by atoms with Crippen molar-refractivity contribution < 1.29 is 9.53 Å². The molecule has 0 saturated heterocycles. The Morgan fingerprint density at radius 2 is 1.76 bits per heavy atom. The number of nitrogens with zero attached hydrogens (tertiary/aromatic N) is 1. The number of ether oxygens (including phenoxy) is 1. The Bertz CT molecular complexity index is 830. The van der Waals surface area contributed by atoms with E-state index in [1.165, 1.54) is 0 Å². The standard InChI is InChI=1S/C21H20N2O2/c1-2-17-10-6-7-11-19(17)25-21-13-12-18(15-22-21)23-20(24)14-16-8-4-3-5-9-16/h3-13,15H,2,14H2,1H3,(H,23,24). The number of nitrogens with one attached hydrogen (secondary N) is 1. The lowest BCUT2D eigenvalue weighted by Crippen LogP contribution is -2.14. The molecule has 1 heterocycles. The molecule has 1 amide bonds. The van der Waals surface area contributed by atoms with Crippen LogP contribution in [0.4, 0.5) is 5.69 Å². The Morgan fingerprint density at radius 1 is 1.00 bits per heavy atom. The first kappa shape index (κ1) is 16.7. The third-order valence-corrected chi connectivity index (χ3v) is 3.80. The quantitative estimate of drug-likeness (QED) is 0.717. The summed E-state index contributed by atoms with van der Waals surface area (Å²) in [5.74, 6) is 1.23. The predicted molar refractivity (Wildman–Crippen MR) is 98.9 cm³/mol. The van der Waals surface area contributed by atoms with Gasteiger partial charge >= 0.3 is 0 Å². The van der Waals surface area contributed by atoms with Crippen LogP contribution in [0, 0.1) is 0 Å². The van der Waals surface area contributed by atoms with Gasteiger partial charge in [0, 0.05) is 6.07 Å². The minimum Gasteiger partial charge on any atom is -0.439 e. The third-order valence-electron chi connectivity index (χ3n) is 3.80. The summed E-state index contributed by atoms with van der Waals surface area (Å²) in [6.45, 7) is 2.08. The van der Waals surface area contributed by atoms with Gasteiger partial charge in [-0.25, -0.2) is 4.98 Å². The molecule has 0 saturated carbocycles. The van der Waals surface area contributed by atoms with Crippen LogP contribution >= 0.6 is 0 Å². The average Bonchev–Trinajstić information content (AvgIpc) is 2.64. The number of hydrogen-bond donors (Lipinski definition) is 1. The average molecular weight is 332 g/mol. The zero-order valence-corrected chi connectivity index (χ0v) is 14.1. The van der Waals surface area contributed by atoms with Gasteiger partial charge in [-0.1, -0.05) is 55.5 Å². The summed E-state index contributed by atoms with van der Waals surface area (Å²) in [7, 11) is 0. The van der Waals surface area contributed by atoms with Gasteiger partial charge in [0.05, 0.1) is 18.3 Å². The van der Waals surface area contributed by atoms with E-state index in [0.29, 0.717) is 18.0 Å². The zero-order chi connectivity index (χ0) is 17.5. The highest BCUT2D eigenvalue weighted by atomic mass is 16.5. The van der Waals surface area contributed by atoms with Crippen molar-refractivity contribution in [3.63, 3.8) is 0 Å². The molecule has 0 aliphatic heterocycles. The van der Waals surface area contributed by atoms with Crippen LogP contribution in [0.15, 0.2) is 72.9 Å². The topological polar surface area (TPSA) is 51.2 Å². The Hall–Kier alpha value is -3.14. The maximum atomic E-state index is 12.1. The van der Waals surface area contributed by atoms with Crippen LogP contribution in [0.1, 0.15) is 18.1 Å². The number of aryl methyl sites for hydroxylation is 1. The van der Waals surface area contributed by atoms with Gasteiger partial charge < -0.3 is 10.1 Å². The molecule has 4 nitrogen and oxygen atoms in total. The fourth-order valence-electron chi connectivity index (χ4n) is 2.51. The Labute approximate surface area is 147 Å². The molecule has 0 fully saturated rings. The van der Waals surface area contributed by atoms with Crippen LogP contribution in [0.2, 0.25) is 0 Å². The van der Waals surface area contributed by atoms with E-state index in [1.54, 1.807) is 18.3 Å². The molecule has 3 aromatic rings. The Morgan fingerprint density at radius 3 is 2.48 bits per heavy atom. The highest BCUT2D eigenvalue weighted by molar-refractivity contribution is 5.92. The summed E-state index contributed by atoms with van der Waals surface area (Å²) < 4.78 is 5.83. The number of rotatable bonds is 6. The van der Waals surface area contributed by atoms with Crippen molar-refractivity contribution in [3.8, 4) is 11.6 Å². The second-order valence-electron chi connectivity index (χ2n) is 5.66. The van der Waals surface area contributed by atoms with Gasteiger partial charge in [0.2, 0.25) is 11.8 Å². The van der Waals surface area contributed by atoms with E-state index in [-0.39, 0.29) is 5.91 Å². The highest BCUT2D eigenvalue weighted by Crippen LogP contribution is 2.24. The Kier molecular flexibility index (Phi) is 5.42. The van der Waals surface area contributed by atoms with Gasteiger partial charge in [-0.3, -0.25) is 4.79 Å². The number of hydrogen-bond acceptors (Lipinski definition) is 3. The SMILES string of the molecule is CCc1ccccc1Oc1ccc(NC(=O)Cc2ccccc2)cn1. The van der Waals surface area contributed by atoms with Crippen LogP contribution in [-0.2, 0) is 17.6 Å². The van der Waals surface area contributed by atoms with E-state index in [0.717, 1.165) is 23.3 Å². The maximum Gasteiger partial charge on any atom is 0.228 e. The summed E-state index contributed by atoms with van der Waals surface area (Å²) in [6, 6.07) is 21.1. The van der Waals surface area contributed by atoms with Crippen molar-refractivity contribution in [2.75, 3.05) is 5.32 Å². The Balaban J connectivity index is 1.61. The normalized spacial score (nSPS) is 10.3. The molecule has 2 aromatic carbocycles. The minimum absolute atomic E-state index is 0.0713. The van der Waals surface area contributed by atoms with Crippen LogP contribution in [0.3, 0.4) is 0 Å². The number of para-hydroxylation sites is 1. The largest absolute Gasteiger partial charge is 0.439 e. The first-order valence-corrected chi connectivity index (χ1v) is 8.30. The molecule has 1 aromatic heterocycles.